The van der Waals surface area contributed by atoms with Crippen molar-refractivity contribution in [1.29, 1.82) is 0 Å². The summed E-state index contributed by atoms with van der Waals surface area (Å²) in [5.41, 5.74) is 1.53. The van der Waals surface area contributed by atoms with Gasteiger partial charge in [-0.15, -0.1) is 10.2 Å². The molecule has 0 aliphatic carbocycles. The van der Waals surface area contributed by atoms with E-state index in [2.05, 4.69) is 29.0 Å². The summed E-state index contributed by atoms with van der Waals surface area (Å²) >= 11 is 0. The molecule has 2 unspecified atom stereocenters. The Morgan fingerprint density at radius 3 is 2.69 bits per heavy atom. The minimum Gasteiger partial charge on any atom is -0.393 e. The van der Waals surface area contributed by atoms with Gasteiger partial charge in [0, 0.05) is 18.3 Å². The van der Waals surface area contributed by atoms with Crippen molar-refractivity contribution in [1.82, 2.24) is 19.6 Å². The molecule has 2 heterocycles. The average Bonchev–Trinajstić information content (AvgIpc) is 2.65. The van der Waals surface area contributed by atoms with Gasteiger partial charge >= 0.3 is 0 Å². The molecule has 0 saturated carbocycles. The Hall–Kier alpha value is -1.49. The molecule has 5 nitrogen and oxygen atoms in total. The topological polar surface area (TPSA) is 63.3 Å². The van der Waals surface area contributed by atoms with E-state index in [1.807, 2.05) is 4.40 Å². The third kappa shape index (κ3) is 1.78. The molecule has 0 spiro atoms. The summed E-state index contributed by atoms with van der Waals surface area (Å²) in [6.45, 7) is 5.92. The zero-order valence-corrected chi connectivity index (χ0v) is 9.70. The normalized spacial score (nSPS) is 15.6. The fourth-order valence-corrected chi connectivity index (χ4v) is 2.11. The van der Waals surface area contributed by atoms with E-state index in [1.165, 1.54) is 0 Å². The van der Waals surface area contributed by atoms with Crippen LogP contribution in [0.3, 0.4) is 0 Å². The standard InChI is InChI=1S/C11H16N4O/c1-7(2)9(8(3)16)10-11-14-13-6-15(11)5-4-12-10/h4-9,16H,1-3H3. The van der Waals surface area contributed by atoms with Gasteiger partial charge in [0.1, 0.15) is 6.33 Å². The second kappa shape index (κ2) is 4.17. The Kier molecular flexibility index (Phi) is 2.87. The second-order valence-corrected chi connectivity index (χ2v) is 4.38. The van der Waals surface area contributed by atoms with Gasteiger partial charge in [-0.25, -0.2) is 0 Å². The molecule has 0 bridgehead atoms. The predicted molar refractivity (Wildman–Crippen MR) is 60.0 cm³/mol. The van der Waals surface area contributed by atoms with Crippen LogP contribution in [0.5, 0.6) is 0 Å². The number of hydrogen-bond acceptors (Lipinski definition) is 4. The van der Waals surface area contributed by atoms with Crippen molar-refractivity contribution in [3.8, 4) is 0 Å². The number of rotatable bonds is 3. The van der Waals surface area contributed by atoms with Gasteiger partial charge in [-0.3, -0.25) is 9.38 Å². The van der Waals surface area contributed by atoms with Crippen LogP contribution < -0.4 is 0 Å². The van der Waals surface area contributed by atoms with Crippen molar-refractivity contribution < 1.29 is 5.11 Å². The third-order valence-electron chi connectivity index (χ3n) is 2.80. The lowest BCUT2D eigenvalue weighted by Gasteiger charge is -2.23. The number of fused-ring (bicyclic) bond motifs is 1. The molecule has 2 rings (SSSR count). The van der Waals surface area contributed by atoms with Crippen molar-refractivity contribution in [3.05, 3.63) is 24.4 Å². The highest BCUT2D eigenvalue weighted by atomic mass is 16.3. The molecule has 0 aliphatic heterocycles. The van der Waals surface area contributed by atoms with E-state index >= 15 is 0 Å². The fourth-order valence-electron chi connectivity index (χ4n) is 2.11. The number of hydrogen-bond donors (Lipinski definition) is 1. The number of aromatic nitrogens is 4. The molecule has 0 saturated heterocycles. The van der Waals surface area contributed by atoms with E-state index in [9.17, 15) is 5.11 Å². The van der Waals surface area contributed by atoms with Crippen LogP contribution in [0.1, 0.15) is 32.4 Å². The monoisotopic (exact) mass is 220 g/mol. The Morgan fingerprint density at radius 2 is 2.06 bits per heavy atom. The molecule has 0 aromatic carbocycles. The van der Waals surface area contributed by atoms with E-state index in [-0.39, 0.29) is 5.92 Å². The van der Waals surface area contributed by atoms with E-state index in [1.54, 1.807) is 25.6 Å². The molecule has 0 amide bonds. The molecule has 5 heteroatoms. The summed E-state index contributed by atoms with van der Waals surface area (Å²) in [6, 6.07) is 0. The van der Waals surface area contributed by atoms with Crippen molar-refractivity contribution in [2.24, 2.45) is 5.92 Å². The maximum Gasteiger partial charge on any atom is 0.182 e. The summed E-state index contributed by atoms with van der Waals surface area (Å²) in [5, 5.41) is 17.7. The smallest absolute Gasteiger partial charge is 0.182 e. The maximum absolute atomic E-state index is 9.84. The maximum atomic E-state index is 9.84. The van der Waals surface area contributed by atoms with E-state index in [4.69, 9.17) is 0 Å². The van der Waals surface area contributed by atoms with E-state index in [0.29, 0.717) is 5.92 Å². The fraction of sp³-hybridized carbons (Fsp3) is 0.545. The molecule has 2 aromatic rings. The van der Waals surface area contributed by atoms with Gasteiger partial charge in [0.2, 0.25) is 0 Å². The molecular weight excluding hydrogens is 204 g/mol. The van der Waals surface area contributed by atoms with Crippen LogP contribution in [0.4, 0.5) is 0 Å². The molecule has 86 valence electrons. The van der Waals surface area contributed by atoms with Crippen LogP contribution in [-0.4, -0.2) is 30.8 Å². The van der Waals surface area contributed by atoms with Crippen LogP contribution in [0.15, 0.2) is 18.7 Å². The van der Waals surface area contributed by atoms with E-state index < -0.39 is 6.10 Å². The predicted octanol–water partition coefficient (Wildman–Crippen LogP) is 1.24. The molecule has 2 atom stereocenters. The first-order valence-electron chi connectivity index (χ1n) is 5.43. The molecule has 0 radical (unpaired) electrons. The number of aliphatic hydroxyl groups excluding tert-OH is 1. The quantitative estimate of drug-likeness (QED) is 0.845. The molecule has 0 fully saturated rings. The van der Waals surface area contributed by atoms with Gasteiger partial charge in [-0.1, -0.05) is 13.8 Å². The lowest BCUT2D eigenvalue weighted by atomic mass is 9.88. The molecule has 0 aliphatic rings. The minimum absolute atomic E-state index is 0.0205. The van der Waals surface area contributed by atoms with Crippen LogP contribution in [0.25, 0.3) is 5.65 Å². The lowest BCUT2D eigenvalue weighted by Crippen LogP contribution is -2.22. The van der Waals surface area contributed by atoms with Gasteiger partial charge in [-0.2, -0.15) is 0 Å². The van der Waals surface area contributed by atoms with Gasteiger partial charge in [0.25, 0.3) is 0 Å². The lowest BCUT2D eigenvalue weighted by molar-refractivity contribution is 0.138. The average molecular weight is 220 g/mol. The van der Waals surface area contributed by atoms with E-state index in [0.717, 1.165) is 11.3 Å². The summed E-state index contributed by atoms with van der Waals surface area (Å²) in [4.78, 5) is 4.34. The highest BCUT2D eigenvalue weighted by Crippen LogP contribution is 2.28. The van der Waals surface area contributed by atoms with Crippen molar-refractivity contribution in [2.45, 2.75) is 32.8 Å². The Morgan fingerprint density at radius 1 is 1.31 bits per heavy atom. The number of nitrogens with zero attached hydrogens (tertiary/aromatic N) is 4. The highest BCUT2D eigenvalue weighted by Gasteiger charge is 2.25. The summed E-state index contributed by atoms with van der Waals surface area (Å²) < 4.78 is 1.82. The zero-order chi connectivity index (χ0) is 11.7. The largest absolute Gasteiger partial charge is 0.393 e. The van der Waals surface area contributed by atoms with Gasteiger partial charge in [-0.05, 0) is 12.8 Å². The third-order valence-corrected chi connectivity index (χ3v) is 2.80. The summed E-state index contributed by atoms with van der Waals surface area (Å²) in [7, 11) is 0. The van der Waals surface area contributed by atoms with Gasteiger partial charge in [0.05, 0.1) is 11.8 Å². The van der Waals surface area contributed by atoms with Gasteiger partial charge in [0.15, 0.2) is 5.65 Å². The van der Waals surface area contributed by atoms with Crippen LogP contribution in [-0.2, 0) is 0 Å². The molecule has 2 aromatic heterocycles. The SMILES string of the molecule is CC(C)C(c1nccn2cnnc12)C(C)O. The van der Waals surface area contributed by atoms with Gasteiger partial charge < -0.3 is 5.11 Å². The number of aliphatic hydroxyl groups is 1. The first-order chi connectivity index (χ1) is 7.61. The highest BCUT2D eigenvalue weighted by molar-refractivity contribution is 5.44. The Labute approximate surface area is 94.2 Å². The molecule has 1 N–H and O–H groups in total. The summed E-state index contributed by atoms with van der Waals surface area (Å²) in [6.07, 6.45) is 4.71. The van der Waals surface area contributed by atoms with Crippen LogP contribution in [0.2, 0.25) is 0 Å². The molecule has 16 heavy (non-hydrogen) atoms. The second-order valence-electron chi connectivity index (χ2n) is 4.38. The Balaban J connectivity index is 2.56. The van der Waals surface area contributed by atoms with Crippen molar-refractivity contribution in [3.63, 3.8) is 0 Å². The van der Waals surface area contributed by atoms with Crippen molar-refractivity contribution >= 4 is 5.65 Å². The minimum atomic E-state index is -0.449. The Bertz CT molecular complexity index is 470. The zero-order valence-electron chi connectivity index (χ0n) is 9.70. The summed E-state index contributed by atoms with van der Waals surface area (Å²) in [5.74, 6) is 0.281. The first-order valence-corrected chi connectivity index (χ1v) is 5.43. The van der Waals surface area contributed by atoms with Crippen LogP contribution >= 0.6 is 0 Å². The first kappa shape index (κ1) is 11.0. The molecular formula is C11H16N4O. The van der Waals surface area contributed by atoms with Crippen molar-refractivity contribution in [2.75, 3.05) is 0 Å². The van der Waals surface area contributed by atoms with Crippen LogP contribution in [0, 0.1) is 5.92 Å².